The van der Waals surface area contributed by atoms with Crippen LogP contribution >= 0.6 is 11.3 Å². The molecule has 1 aromatic carbocycles. The SMILES string of the molecule is O=C(NCc1ccsc1)c1ccc(S(=O)(=O)N2CCCC2)cc1. The Morgan fingerprint density at radius 1 is 1.13 bits per heavy atom. The first-order chi connectivity index (χ1) is 11.1. The van der Waals surface area contributed by atoms with Gasteiger partial charge < -0.3 is 5.32 Å². The van der Waals surface area contributed by atoms with E-state index in [1.165, 1.54) is 16.4 Å². The molecule has 7 heteroatoms. The van der Waals surface area contributed by atoms with Crippen LogP contribution in [0.25, 0.3) is 0 Å². The fourth-order valence-corrected chi connectivity index (χ4v) is 4.72. The lowest BCUT2D eigenvalue weighted by Gasteiger charge is -2.15. The average molecular weight is 350 g/mol. The highest BCUT2D eigenvalue weighted by Crippen LogP contribution is 2.21. The zero-order valence-electron chi connectivity index (χ0n) is 12.6. The maximum Gasteiger partial charge on any atom is 0.251 e. The Kier molecular flexibility index (Phi) is 4.79. The highest BCUT2D eigenvalue weighted by Gasteiger charge is 2.27. The molecule has 0 spiro atoms. The molecule has 0 unspecified atom stereocenters. The molecule has 1 aliphatic heterocycles. The minimum Gasteiger partial charge on any atom is -0.348 e. The lowest BCUT2D eigenvalue weighted by atomic mass is 10.2. The van der Waals surface area contributed by atoms with Gasteiger partial charge in [0.1, 0.15) is 0 Å². The van der Waals surface area contributed by atoms with Crippen molar-refractivity contribution in [3.8, 4) is 0 Å². The van der Waals surface area contributed by atoms with Crippen LogP contribution in [0.4, 0.5) is 0 Å². The summed E-state index contributed by atoms with van der Waals surface area (Å²) in [5.74, 6) is -0.207. The third-order valence-corrected chi connectivity index (χ3v) is 6.50. The molecule has 3 rings (SSSR count). The van der Waals surface area contributed by atoms with Crippen molar-refractivity contribution in [3.63, 3.8) is 0 Å². The van der Waals surface area contributed by atoms with Crippen LogP contribution in [0, 0.1) is 0 Å². The van der Waals surface area contributed by atoms with Crippen LogP contribution in [0.5, 0.6) is 0 Å². The molecule has 0 saturated carbocycles. The first kappa shape index (κ1) is 16.2. The van der Waals surface area contributed by atoms with Gasteiger partial charge in [0.05, 0.1) is 4.90 Å². The second kappa shape index (κ2) is 6.82. The van der Waals surface area contributed by atoms with E-state index in [1.54, 1.807) is 23.5 Å². The van der Waals surface area contributed by atoms with Gasteiger partial charge in [0, 0.05) is 25.2 Å². The van der Waals surface area contributed by atoms with Crippen molar-refractivity contribution in [2.45, 2.75) is 24.3 Å². The number of carbonyl (C=O) groups excluding carboxylic acids is 1. The fraction of sp³-hybridized carbons (Fsp3) is 0.312. The van der Waals surface area contributed by atoms with Crippen LogP contribution in [0.15, 0.2) is 46.0 Å². The minimum absolute atomic E-state index is 0.207. The second-order valence-corrected chi connectivity index (χ2v) is 8.17. The van der Waals surface area contributed by atoms with Gasteiger partial charge in [0.25, 0.3) is 5.91 Å². The second-order valence-electron chi connectivity index (χ2n) is 5.45. The van der Waals surface area contributed by atoms with E-state index in [-0.39, 0.29) is 10.8 Å². The smallest absolute Gasteiger partial charge is 0.251 e. The highest BCUT2D eigenvalue weighted by molar-refractivity contribution is 7.89. The Labute approximate surface area is 140 Å². The van der Waals surface area contributed by atoms with E-state index >= 15 is 0 Å². The molecule has 1 aromatic heterocycles. The van der Waals surface area contributed by atoms with Gasteiger partial charge in [-0.05, 0) is 59.5 Å². The lowest BCUT2D eigenvalue weighted by Crippen LogP contribution is -2.28. The van der Waals surface area contributed by atoms with Crippen LogP contribution in [-0.4, -0.2) is 31.7 Å². The Hall–Kier alpha value is -1.70. The molecular weight excluding hydrogens is 332 g/mol. The molecule has 1 saturated heterocycles. The summed E-state index contributed by atoms with van der Waals surface area (Å²) in [7, 11) is -3.43. The molecule has 122 valence electrons. The Morgan fingerprint density at radius 3 is 2.43 bits per heavy atom. The van der Waals surface area contributed by atoms with Crippen LogP contribution < -0.4 is 5.32 Å². The minimum atomic E-state index is -3.43. The molecule has 0 atom stereocenters. The van der Waals surface area contributed by atoms with Crippen molar-refractivity contribution in [2.24, 2.45) is 0 Å². The number of nitrogens with one attached hydrogen (secondary N) is 1. The van der Waals surface area contributed by atoms with E-state index in [0.29, 0.717) is 25.2 Å². The summed E-state index contributed by atoms with van der Waals surface area (Å²) in [5, 5.41) is 6.76. The standard InChI is InChI=1S/C16H18N2O3S2/c19-16(17-11-13-7-10-22-12-13)14-3-5-15(6-4-14)23(20,21)18-8-1-2-9-18/h3-7,10,12H,1-2,8-9,11H2,(H,17,19). The first-order valence-electron chi connectivity index (χ1n) is 7.47. The highest BCUT2D eigenvalue weighted by atomic mass is 32.2. The summed E-state index contributed by atoms with van der Waals surface area (Å²) in [4.78, 5) is 12.3. The number of hydrogen-bond acceptors (Lipinski definition) is 4. The van der Waals surface area contributed by atoms with Gasteiger partial charge in [0.15, 0.2) is 0 Å². The third-order valence-electron chi connectivity index (χ3n) is 3.85. The zero-order chi connectivity index (χ0) is 16.3. The van der Waals surface area contributed by atoms with Gasteiger partial charge in [0.2, 0.25) is 10.0 Å². The first-order valence-corrected chi connectivity index (χ1v) is 9.85. The molecule has 2 heterocycles. The number of carbonyl (C=O) groups is 1. The largest absolute Gasteiger partial charge is 0.348 e. The molecular formula is C16H18N2O3S2. The van der Waals surface area contributed by atoms with Crippen molar-refractivity contribution in [3.05, 3.63) is 52.2 Å². The van der Waals surface area contributed by atoms with E-state index in [4.69, 9.17) is 0 Å². The van der Waals surface area contributed by atoms with E-state index in [0.717, 1.165) is 18.4 Å². The zero-order valence-corrected chi connectivity index (χ0v) is 14.2. The van der Waals surface area contributed by atoms with Crippen molar-refractivity contribution >= 4 is 27.3 Å². The lowest BCUT2D eigenvalue weighted by molar-refractivity contribution is 0.0951. The van der Waals surface area contributed by atoms with Crippen LogP contribution in [0.1, 0.15) is 28.8 Å². The number of sulfonamides is 1. The summed E-state index contributed by atoms with van der Waals surface area (Å²) in [5.41, 5.74) is 1.51. The number of hydrogen-bond donors (Lipinski definition) is 1. The van der Waals surface area contributed by atoms with Crippen LogP contribution in [0.3, 0.4) is 0 Å². The van der Waals surface area contributed by atoms with E-state index in [1.807, 2.05) is 16.8 Å². The Balaban J connectivity index is 1.67. The molecule has 5 nitrogen and oxygen atoms in total. The monoisotopic (exact) mass is 350 g/mol. The number of amides is 1. The predicted molar refractivity (Wildman–Crippen MR) is 89.9 cm³/mol. The number of benzene rings is 1. The van der Waals surface area contributed by atoms with Crippen LogP contribution in [0.2, 0.25) is 0 Å². The molecule has 0 aliphatic carbocycles. The summed E-state index contributed by atoms with van der Waals surface area (Å²) < 4.78 is 26.3. The van der Waals surface area contributed by atoms with E-state index in [9.17, 15) is 13.2 Å². The molecule has 1 aliphatic rings. The van der Waals surface area contributed by atoms with Gasteiger partial charge >= 0.3 is 0 Å². The molecule has 1 amide bonds. The van der Waals surface area contributed by atoms with Gasteiger partial charge in [-0.25, -0.2) is 8.42 Å². The van der Waals surface area contributed by atoms with E-state index in [2.05, 4.69) is 5.32 Å². The topological polar surface area (TPSA) is 66.5 Å². The molecule has 23 heavy (non-hydrogen) atoms. The summed E-state index contributed by atoms with van der Waals surface area (Å²) in [6.07, 6.45) is 1.81. The fourth-order valence-electron chi connectivity index (χ4n) is 2.53. The summed E-state index contributed by atoms with van der Waals surface area (Å²) in [6, 6.07) is 8.09. The van der Waals surface area contributed by atoms with Crippen molar-refractivity contribution in [1.29, 1.82) is 0 Å². The normalized spacial score (nSPS) is 15.7. The Bertz CT molecular complexity index is 762. The van der Waals surface area contributed by atoms with Crippen LogP contribution in [-0.2, 0) is 16.6 Å². The van der Waals surface area contributed by atoms with E-state index < -0.39 is 10.0 Å². The van der Waals surface area contributed by atoms with Gasteiger partial charge in [-0.15, -0.1) is 0 Å². The number of nitrogens with zero attached hydrogens (tertiary/aromatic N) is 1. The molecule has 1 fully saturated rings. The summed E-state index contributed by atoms with van der Waals surface area (Å²) in [6.45, 7) is 1.62. The number of thiophene rings is 1. The van der Waals surface area contributed by atoms with Gasteiger partial charge in [-0.1, -0.05) is 0 Å². The maximum atomic E-state index is 12.4. The molecule has 0 radical (unpaired) electrons. The molecule has 1 N–H and O–H groups in total. The number of rotatable bonds is 5. The van der Waals surface area contributed by atoms with Gasteiger partial charge in [-0.3, -0.25) is 4.79 Å². The average Bonchev–Trinajstić information content (AvgIpc) is 3.26. The van der Waals surface area contributed by atoms with Crippen molar-refractivity contribution < 1.29 is 13.2 Å². The van der Waals surface area contributed by atoms with Crippen molar-refractivity contribution in [1.82, 2.24) is 9.62 Å². The van der Waals surface area contributed by atoms with Gasteiger partial charge in [-0.2, -0.15) is 15.6 Å². The summed E-state index contributed by atoms with van der Waals surface area (Å²) >= 11 is 1.58. The molecule has 0 bridgehead atoms. The predicted octanol–water partition coefficient (Wildman–Crippen LogP) is 2.46. The maximum absolute atomic E-state index is 12.4. The third kappa shape index (κ3) is 3.63. The quantitative estimate of drug-likeness (QED) is 0.901. The molecule has 2 aromatic rings. The Morgan fingerprint density at radius 2 is 1.83 bits per heavy atom. The van der Waals surface area contributed by atoms with Crippen molar-refractivity contribution in [2.75, 3.05) is 13.1 Å².